The second-order valence-electron chi connectivity index (χ2n) is 7.39. The van der Waals surface area contributed by atoms with E-state index in [4.69, 9.17) is 0 Å². The molecule has 3 aromatic heterocycles. The van der Waals surface area contributed by atoms with Crippen LogP contribution in [0.25, 0.3) is 26.1 Å². The van der Waals surface area contributed by atoms with Crippen LogP contribution in [0, 0.1) is 0 Å². The normalized spacial score (nSPS) is 11.4. The lowest BCUT2D eigenvalue weighted by molar-refractivity contribution is 1.18. The number of fused-ring (bicyclic) bond motifs is 3. The van der Waals surface area contributed by atoms with Crippen molar-refractivity contribution in [1.82, 2.24) is 4.57 Å². The largest absolute Gasteiger partial charge is 0.311 e. The highest BCUT2D eigenvalue weighted by Crippen LogP contribution is 2.44. The van der Waals surface area contributed by atoms with Gasteiger partial charge < -0.3 is 9.47 Å². The molecule has 156 valence electrons. The van der Waals surface area contributed by atoms with Crippen LogP contribution in [0.15, 0.2) is 105 Å². The van der Waals surface area contributed by atoms with Crippen LogP contribution in [0.4, 0.5) is 17.1 Å². The molecule has 3 heterocycles. The fraction of sp³-hybridized carbons (Fsp3) is 0. The molecule has 2 nitrogen and oxygen atoms in total. The minimum Gasteiger partial charge on any atom is -0.311 e. The van der Waals surface area contributed by atoms with Crippen LogP contribution in [0.3, 0.4) is 0 Å². The van der Waals surface area contributed by atoms with E-state index in [1.807, 2.05) is 0 Å². The summed E-state index contributed by atoms with van der Waals surface area (Å²) in [6, 6.07) is 34.3. The SMILES string of the molecule is Brc1cc2c(s1)c1sc(Br)cc1n2-c1ccc(N(c2ccccc2)c2ccccc2)cc1. The monoisotopic (exact) mass is 578 g/mol. The second-order valence-corrected chi connectivity index (χ2v) is 12.3. The van der Waals surface area contributed by atoms with Crippen molar-refractivity contribution in [2.24, 2.45) is 0 Å². The summed E-state index contributed by atoms with van der Waals surface area (Å²) in [6.45, 7) is 0. The molecule has 0 spiro atoms. The van der Waals surface area contributed by atoms with E-state index < -0.39 is 0 Å². The lowest BCUT2D eigenvalue weighted by Gasteiger charge is -2.25. The van der Waals surface area contributed by atoms with E-state index in [9.17, 15) is 0 Å². The molecule has 0 saturated carbocycles. The van der Waals surface area contributed by atoms with Gasteiger partial charge in [0.15, 0.2) is 0 Å². The average molecular weight is 580 g/mol. The smallest absolute Gasteiger partial charge is 0.0727 e. The fourth-order valence-corrected chi connectivity index (χ4v) is 7.41. The Bertz CT molecular complexity index is 1440. The van der Waals surface area contributed by atoms with E-state index >= 15 is 0 Å². The van der Waals surface area contributed by atoms with Gasteiger partial charge in [-0.25, -0.2) is 0 Å². The van der Waals surface area contributed by atoms with Crippen molar-refractivity contribution in [3.63, 3.8) is 0 Å². The lowest BCUT2D eigenvalue weighted by Crippen LogP contribution is -2.09. The van der Waals surface area contributed by atoms with Gasteiger partial charge in [-0.15, -0.1) is 22.7 Å². The van der Waals surface area contributed by atoms with E-state index in [0.717, 1.165) is 30.3 Å². The van der Waals surface area contributed by atoms with Gasteiger partial charge in [0.25, 0.3) is 0 Å². The molecule has 0 fully saturated rings. The maximum absolute atomic E-state index is 3.68. The third-order valence-corrected chi connectivity index (χ3v) is 8.87. The molecule has 0 aliphatic carbocycles. The Morgan fingerprint density at radius 2 is 1.00 bits per heavy atom. The molecule has 0 amide bonds. The van der Waals surface area contributed by atoms with Crippen LogP contribution in [0.1, 0.15) is 0 Å². The first-order valence-corrected chi connectivity index (χ1v) is 13.3. The number of nitrogens with zero attached hydrogens (tertiary/aromatic N) is 2. The van der Waals surface area contributed by atoms with Gasteiger partial charge in [-0.3, -0.25) is 0 Å². The highest BCUT2D eigenvalue weighted by molar-refractivity contribution is 9.11. The minimum absolute atomic E-state index is 1.13. The molecule has 6 rings (SSSR count). The summed E-state index contributed by atoms with van der Waals surface area (Å²) in [5.74, 6) is 0. The second kappa shape index (κ2) is 8.19. The van der Waals surface area contributed by atoms with Gasteiger partial charge in [0, 0.05) is 22.7 Å². The summed E-state index contributed by atoms with van der Waals surface area (Å²) in [4.78, 5) is 2.28. The summed E-state index contributed by atoms with van der Waals surface area (Å²) in [7, 11) is 0. The van der Waals surface area contributed by atoms with Crippen LogP contribution in [-0.4, -0.2) is 4.57 Å². The first-order chi connectivity index (χ1) is 15.7. The zero-order valence-corrected chi connectivity index (χ0v) is 21.5. The summed E-state index contributed by atoms with van der Waals surface area (Å²) < 4.78 is 7.30. The van der Waals surface area contributed by atoms with Crippen LogP contribution >= 0.6 is 54.5 Å². The van der Waals surface area contributed by atoms with Gasteiger partial charge in [-0.1, -0.05) is 36.4 Å². The molecule has 0 bridgehead atoms. The van der Waals surface area contributed by atoms with Crippen molar-refractivity contribution in [2.75, 3.05) is 4.90 Å². The van der Waals surface area contributed by atoms with Gasteiger partial charge in [0.05, 0.1) is 28.0 Å². The zero-order valence-electron chi connectivity index (χ0n) is 16.7. The minimum atomic E-state index is 1.13. The number of aromatic nitrogens is 1. The molecule has 0 aliphatic heterocycles. The Hall–Kier alpha value is -2.38. The topological polar surface area (TPSA) is 8.17 Å². The van der Waals surface area contributed by atoms with Gasteiger partial charge in [0.1, 0.15) is 0 Å². The number of hydrogen-bond acceptors (Lipinski definition) is 3. The average Bonchev–Trinajstić information content (AvgIpc) is 3.45. The summed E-state index contributed by atoms with van der Waals surface area (Å²) >= 11 is 10.9. The van der Waals surface area contributed by atoms with Crippen molar-refractivity contribution in [1.29, 1.82) is 0 Å². The van der Waals surface area contributed by atoms with Crippen LogP contribution in [0.5, 0.6) is 0 Å². The first kappa shape index (κ1) is 20.2. The molecule has 0 aliphatic rings. The number of rotatable bonds is 4. The van der Waals surface area contributed by atoms with Gasteiger partial charge >= 0.3 is 0 Å². The molecule has 0 radical (unpaired) electrons. The number of benzene rings is 3. The number of para-hydroxylation sites is 2. The van der Waals surface area contributed by atoms with E-state index in [1.54, 1.807) is 22.7 Å². The number of halogens is 2. The Kier molecular flexibility index (Phi) is 5.18. The van der Waals surface area contributed by atoms with E-state index in [1.165, 1.54) is 20.4 Å². The molecule has 32 heavy (non-hydrogen) atoms. The highest BCUT2D eigenvalue weighted by Gasteiger charge is 2.18. The molecule has 6 aromatic rings. The third-order valence-electron chi connectivity index (χ3n) is 5.45. The maximum Gasteiger partial charge on any atom is 0.0727 e. The van der Waals surface area contributed by atoms with E-state index in [0.29, 0.717) is 0 Å². The van der Waals surface area contributed by atoms with Crippen molar-refractivity contribution < 1.29 is 0 Å². The Morgan fingerprint density at radius 1 is 0.562 bits per heavy atom. The van der Waals surface area contributed by atoms with Crippen LogP contribution < -0.4 is 4.90 Å². The quantitative estimate of drug-likeness (QED) is 0.202. The molecule has 0 atom stereocenters. The maximum atomic E-state index is 3.68. The number of hydrogen-bond donors (Lipinski definition) is 0. The molecule has 0 saturated heterocycles. The van der Waals surface area contributed by atoms with E-state index in [-0.39, 0.29) is 0 Å². The van der Waals surface area contributed by atoms with Crippen molar-refractivity contribution in [2.45, 2.75) is 0 Å². The molecule has 0 N–H and O–H groups in total. The highest BCUT2D eigenvalue weighted by atomic mass is 79.9. The lowest BCUT2D eigenvalue weighted by atomic mass is 10.2. The van der Waals surface area contributed by atoms with Gasteiger partial charge in [0.2, 0.25) is 0 Å². The summed E-state index contributed by atoms with van der Waals surface area (Å²) in [5, 5.41) is 0. The van der Waals surface area contributed by atoms with Gasteiger partial charge in [-0.2, -0.15) is 0 Å². The van der Waals surface area contributed by atoms with Crippen molar-refractivity contribution >= 4 is 92.0 Å². The predicted molar refractivity (Wildman–Crippen MR) is 147 cm³/mol. The standard InChI is InChI=1S/C26H16Br2N2S2/c27-23-15-21-25(31-23)26-22(16-24(28)32-26)30(21)20-13-11-19(12-14-20)29(17-7-3-1-4-8-17)18-9-5-2-6-10-18/h1-16H. The Morgan fingerprint density at radius 3 is 1.47 bits per heavy atom. The summed E-state index contributed by atoms with van der Waals surface area (Å²) in [5.41, 5.74) is 7.05. The Labute approximate surface area is 210 Å². The van der Waals surface area contributed by atoms with Crippen LogP contribution in [-0.2, 0) is 0 Å². The fourth-order valence-electron chi connectivity index (χ4n) is 4.12. The molecule has 6 heteroatoms. The number of thiophene rings is 2. The molecular formula is C26H16Br2N2S2. The van der Waals surface area contributed by atoms with Crippen LogP contribution in [0.2, 0.25) is 0 Å². The summed E-state index contributed by atoms with van der Waals surface area (Å²) in [6.07, 6.45) is 0. The molecule has 0 unspecified atom stereocenters. The zero-order chi connectivity index (χ0) is 21.7. The molecular weight excluding hydrogens is 564 g/mol. The van der Waals surface area contributed by atoms with E-state index in [2.05, 4.69) is 138 Å². The predicted octanol–water partition coefficient (Wildman–Crippen LogP) is 9.90. The number of anilines is 3. The third kappa shape index (κ3) is 3.42. The molecule has 3 aromatic carbocycles. The first-order valence-electron chi connectivity index (χ1n) is 10.1. The van der Waals surface area contributed by atoms with Gasteiger partial charge in [-0.05, 0) is 92.5 Å². The van der Waals surface area contributed by atoms with Crippen molar-refractivity contribution in [3.8, 4) is 5.69 Å². The van der Waals surface area contributed by atoms with Crippen molar-refractivity contribution in [3.05, 3.63) is 105 Å². The Balaban J connectivity index is 1.49.